The molecule has 0 saturated carbocycles. The van der Waals surface area contributed by atoms with Crippen molar-refractivity contribution >= 4 is 39.0 Å². The fourth-order valence-electron chi connectivity index (χ4n) is 3.28. The lowest BCUT2D eigenvalue weighted by atomic mass is 10.1. The minimum Gasteiger partial charge on any atom is -0.493 e. The number of amides is 1. The van der Waals surface area contributed by atoms with Crippen molar-refractivity contribution in [3.8, 4) is 22.1 Å². The highest BCUT2D eigenvalue weighted by Crippen LogP contribution is 2.36. The molecule has 0 atom stereocenters. The minimum atomic E-state index is -0.635. The number of nitrogens with zero attached hydrogens (tertiary/aromatic N) is 3. The number of anilines is 1. The number of carbonyl (C=O) groups is 1. The number of rotatable bonds is 6. The maximum absolute atomic E-state index is 13.0. The smallest absolute Gasteiger partial charge is 0.286 e. The van der Waals surface area contributed by atoms with E-state index in [1.807, 2.05) is 25.1 Å². The number of nitro benzene ring substituents is 1. The maximum Gasteiger partial charge on any atom is 0.286 e. The molecule has 0 aliphatic heterocycles. The number of benzene rings is 2. The number of aromatic nitrogens is 2. The zero-order valence-corrected chi connectivity index (χ0v) is 18.2. The summed E-state index contributed by atoms with van der Waals surface area (Å²) >= 11 is 1.45. The lowest BCUT2D eigenvalue weighted by Gasteiger charge is -2.13. The molecule has 1 N–H and O–H groups in total. The van der Waals surface area contributed by atoms with Gasteiger partial charge < -0.3 is 14.8 Å². The van der Waals surface area contributed by atoms with Gasteiger partial charge in [-0.05, 0) is 30.7 Å². The number of fused-ring (bicyclic) bond motifs is 1. The first-order valence-electron chi connectivity index (χ1n) is 9.46. The van der Waals surface area contributed by atoms with E-state index in [2.05, 4.69) is 15.3 Å². The Morgan fingerprint density at radius 1 is 1.12 bits per heavy atom. The van der Waals surface area contributed by atoms with Gasteiger partial charge in [0.05, 0.1) is 25.2 Å². The van der Waals surface area contributed by atoms with Gasteiger partial charge in [0.2, 0.25) is 0 Å². The van der Waals surface area contributed by atoms with Crippen LogP contribution in [0.25, 0.3) is 20.9 Å². The summed E-state index contributed by atoms with van der Waals surface area (Å²) in [5.74, 6) is -0.252. The number of carbonyl (C=O) groups excluding carboxylic acids is 1. The van der Waals surface area contributed by atoms with Crippen LogP contribution < -0.4 is 14.8 Å². The van der Waals surface area contributed by atoms with Gasteiger partial charge >= 0.3 is 0 Å². The van der Waals surface area contributed by atoms with Gasteiger partial charge in [-0.1, -0.05) is 23.5 Å². The van der Waals surface area contributed by atoms with Crippen LogP contribution in [0, 0.1) is 17.0 Å². The lowest BCUT2D eigenvalue weighted by Crippen LogP contribution is -2.15. The molecular formula is C22H18N4O5S. The summed E-state index contributed by atoms with van der Waals surface area (Å²) < 4.78 is 10.3. The molecule has 0 saturated heterocycles. The normalized spacial score (nSPS) is 10.7. The summed E-state index contributed by atoms with van der Waals surface area (Å²) in [4.78, 5) is 33.7. The first kappa shape index (κ1) is 21.2. The number of hydrogen-bond acceptors (Lipinski definition) is 8. The Kier molecular flexibility index (Phi) is 5.69. The Labute approximate surface area is 186 Å². The van der Waals surface area contributed by atoms with Gasteiger partial charge in [0, 0.05) is 23.5 Å². The number of ether oxygens (including phenoxy) is 2. The van der Waals surface area contributed by atoms with Crippen LogP contribution >= 0.6 is 11.3 Å². The minimum absolute atomic E-state index is 0.137. The van der Waals surface area contributed by atoms with Gasteiger partial charge in [-0.15, -0.1) is 0 Å². The van der Waals surface area contributed by atoms with E-state index >= 15 is 0 Å². The first-order valence-corrected chi connectivity index (χ1v) is 10.3. The van der Waals surface area contributed by atoms with Crippen molar-refractivity contribution in [3.05, 3.63) is 69.9 Å². The van der Waals surface area contributed by atoms with Crippen molar-refractivity contribution in [2.75, 3.05) is 19.5 Å². The SMILES string of the molecule is COc1cc(C(=O)Nc2cccc(-c3nc4cccnc4s3)c2C)c([N+](=O)[O-])cc1OC. The summed E-state index contributed by atoms with van der Waals surface area (Å²) in [7, 11) is 2.76. The summed E-state index contributed by atoms with van der Waals surface area (Å²) in [6, 6.07) is 11.6. The molecule has 0 spiro atoms. The standard InChI is InChI=1S/C22H18N4O5S/c1-12-13(21-25-16-8-5-9-23-22(16)32-21)6-4-7-15(12)24-20(27)14-10-18(30-2)19(31-3)11-17(14)26(28)29/h4-11H,1-3H3,(H,24,27). The average molecular weight is 450 g/mol. The zero-order chi connectivity index (χ0) is 22.8. The molecule has 10 heteroatoms. The highest BCUT2D eigenvalue weighted by Gasteiger charge is 2.25. The largest absolute Gasteiger partial charge is 0.493 e. The Hall–Kier alpha value is -4.05. The van der Waals surface area contributed by atoms with Gasteiger partial charge in [-0.3, -0.25) is 14.9 Å². The van der Waals surface area contributed by atoms with Crippen LogP contribution in [0.1, 0.15) is 15.9 Å². The van der Waals surface area contributed by atoms with Crippen LogP contribution in [0.2, 0.25) is 0 Å². The Morgan fingerprint density at radius 3 is 2.56 bits per heavy atom. The second-order valence-corrected chi connectivity index (χ2v) is 7.74. The summed E-state index contributed by atoms with van der Waals surface area (Å²) in [5.41, 5.74) is 2.41. The Bertz CT molecular complexity index is 1320. The average Bonchev–Trinajstić information content (AvgIpc) is 3.23. The van der Waals surface area contributed by atoms with E-state index in [4.69, 9.17) is 9.47 Å². The molecule has 0 radical (unpaired) electrons. The third-order valence-corrected chi connectivity index (χ3v) is 5.93. The third kappa shape index (κ3) is 3.83. The molecule has 0 fully saturated rings. The topological polar surface area (TPSA) is 116 Å². The highest BCUT2D eigenvalue weighted by atomic mass is 32.1. The van der Waals surface area contributed by atoms with Crippen molar-refractivity contribution in [1.29, 1.82) is 0 Å². The fraction of sp³-hybridized carbons (Fsp3) is 0.136. The van der Waals surface area contributed by atoms with Crippen molar-refractivity contribution in [1.82, 2.24) is 9.97 Å². The number of nitro groups is 1. The molecule has 0 aliphatic rings. The number of nitrogens with one attached hydrogen (secondary N) is 1. The van der Waals surface area contributed by atoms with E-state index in [-0.39, 0.29) is 22.7 Å². The summed E-state index contributed by atoms with van der Waals surface area (Å²) in [6.07, 6.45) is 1.71. The van der Waals surface area contributed by atoms with Crippen molar-refractivity contribution in [3.63, 3.8) is 0 Å². The summed E-state index contributed by atoms with van der Waals surface area (Å²) in [5, 5.41) is 15.1. The fourth-order valence-corrected chi connectivity index (χ4v) is 4.27. The number of thiazole rings is 1. The molecule has 0 bridgehead atoms. The van der Waals surface area contributed by atoms with Gasteiger partial charge in [-0.25, -0.2) is 9.97 Å². The van der Waals surface area contributed by atoms with Crippen LogP contribution in [0.4, 0.5) is 11.4 Å². The number of hydrogen-bond donors (Lipinski definition) is 1. The zero-order valence-electron chi connectivity index (χ0n) is 17.4. The second-order valence-electron chi connectivity index (χ2n) is 6.76. The third-order valence-electron chi connectivity index (χ3n) is 4.92. The highest BCUT2D eigenvalue weighted by molar-refractivity contribution is 7.21. The molecule has 0 aliphatic carbocycles. The predicted octanol–water partition coefficient (Wildman–Crippen LogP) is 4.84. The molecule has 4 aromatic rings. The molecule has 2 aromatic heterocycles. The quantitative estimate of drug-likeness (QED) is 0.330. The van der Waals surface area contributed by atoms with Crippen LogP contribution in [-0.4, -0.2) is 35.0 Å². The molecule has 1 amide bonds. The van der Waals surface area contributed by atoms with Crippen molar-refractivity contribution < 1.29 is 19.2 Å². The molecule has 0 unspecified atom stereocenters. The Balaban J connectivity index is 1.71. The number of methoxy groups -OCH3 is 2. The molecule has 162 valence electrons. The lowest BCUT2D eigenvalue weighted by molar-refractivity contribution is -0.385. The van der Waals surface area contributed by atoms with Crippen LogP contribution in [0.5, 0.6) is 11.5 Å². The molecule has 2 aromatic carbocycles. The molecular weight excluding hydrogens is 432 g/mol. The van der Waals surface area contributed by atoms with Crippen LogP contribution in [0.15, 0.2) is 48.7 Å². The van der Waals surface area contributed by atoms with Gasteiger partial charge in [0.1, 0.15) is 20.9 Å². The van der Waals surface area contributed by atoms with Gasteiger partial charge in [0.15, 0.2) is 11.5 Å². The Morgan fingerprint density at radius 2 is 1.88 bits per heavy atom. The molecule has 2 heterocycles. The molecule has 9 nitrogen and oxygen atoms in total. The second kappa shape index (κ2) is 8.60. The van der Waals surface area contributed by atoms with Crippen molar-refractivity contribution in [2.24, 2.45) is 0 Å². The number of pyridine rings is 1. The summed E-state index contributed by atoms with van der Waals surface area (Å²) in [6.45, 7) is 1.85. The van der Waals surface area contributed by atoms with Crippen LogP contribution in [-0.2, 0) is 0 Å². The monoisotopic (exact) mass is 450 g/mol. The first-order chi connectivity index (χ1) is 15.4. The maximum atomic E-state index is 13.0. The van der Waals surface area contributed by atoms with E-state index < -0.39 is 10.8 Å². The van der Waals surface area contributed by atoms with E-state index in [1.165, 1.54) is 37.7 Å². The van der Waals surface area contributed by atoms with Crippen LogP contribution in [0.3, 0.4) is 0 Å². The van der Waals surface area contributed by atoms with Gasteiger partial charge in [0.25, 0.3) is 11.6 Å². The van der Waals surface area contributed by atoms with E-state index in [9.17, 15) is 14.9 Å². The van der Waals surface area contributed by atoms with Crippen molar-refractivity contribution in [2.45, 2.75) is 6.92 Å². The van der Waals surface area contributed by atoms with E-state index in [0.29, 0.717) is 5.69 Å². The van der Waals surface area contributed by atoms with E-state index in [1.54, 1.807) is 18.3 Å². The predicted molar refractivity (Wildman–Crippen MR) is 122 cm³/mol. The molecule has 4 rings (SSSR count). The van der Waals surface area contributed by atoms with E-state index in [0.717, 1.165) is 26.5 Å². The molecule has 32 heavy (non-hydrogen) atoms. The van der Waals surface area contributed by atoms with Gasteiger partial charge in [-0.2, -0.15) is 0 Å².